The van der Waals surface area contributed by atoms with E-state index in [2.05, 4.69) is 5.32 Å². The number of nitrogens with one attached hydrogen (secondary N) is 1. The number of hydrogen-bond acceptors (Lipinski definition) is 3. The second-order valence-electron chi connectivity index (χ2n) is 4.50. The van der Waals surface area contributed by atoms with Gasteiger partial charge in [-0.05, 0) is 29.8 Å². The minimum Gasteiger partial charge on any atom is -0.497 e. The number of carbonyl (C=O) groups is 1. The standard InChI is InChI=1S/C17H12Cl2N2O2/c1-23-14-6-3-5-13(9-14)21-17(22)12(10-20)8-11-4-2-7-15(18)16(11)19/h2-9H,1H3,(H,21,22). The Morgan fingerprint density at radius 1 is 1.26 bits per heavy atom. The van der Waals surface area contributed by atoms with Gasteiger partial charge in [-0.15, -0.1) is 0 Å². The van der Waals surface area contributed by atoms with Gasteiger partial charge in [-0.3, -0.25) is 4.79 Å². The molecule has 2 aromatic rings. The van der Waals surface area contributed by atoms with E-state index in [9.17, 15) is 10.1 Å². The van der Waals surface area contributed by atoms with Crippen molar-refractivity contribution in [2.75, 3.05) is 12.4 Å². The second-order valence-corrected chi connectivity index (χ2v) is 5.28. The normalized spacial score (nSPS) is 10.8. The van der Waals surface area contributed by atoms with E-state index in [0.29, 0.717) is 22.0 Å². The van der Waals surface area contributed by atoms with E-state index in [-0.39, 0.29) is 10.6 Å². The molecule has 0 aliphatic carbocycles. The fourth-order valence-corrected chi connectivity index (χ4v) is 2.20. The maximum Gasteiger partial charge on any atom is 0.266 e. The molecular formula is C17H12Cl2N2O2. The Hall–Kier alpha value is -2.48. The summed E-state index contributed by atoms with van der Waals surface area (Å²) >= 11 is 12.0. The highest BCUT2D eigenvalue weighted by molar-refractivity contribution is 6.43. The van der Waals surface area contributed by atoms with Gasteiger partial charge in [0, 0.05) is 11.8 Å². The largest absolute Gasteiger partial charge is 0.497 e. The highest BCUT2D eigenvalue weighted by Crippen LogP contribution is 2.27. The third-order valence-electron chi connectivity index (χ3n) is 2.97. The fraction of sp³-hybridized carbons (Fsp3) is 0.0588. The molecule has 4 nitrogen and oxygen atoms in total. The molecule has 0 unspecified atom stereocenters. The Labute approximate surface area is 143 Å². The third-order valence-corrected chi connectivity index (χ3v) is 3.81. The topological polar surface area (TPSA) is 62.1 Å². The minimum atomic E-state index is -0.545. The van der Waals surface area contributed by atoms with Crippen LogP contribution in [0.2, 0.25) is 10.0 Å². The van der Waals surface area contributed by atoms with E-state index in [4.69, 9.17) is 27.9 Å². The number of methoxy groups -OCH3 is 1. The molecule has 0 radical (unpaired) electrons. The number of benzene rings is 2. The summed E-state index contributed by atoms with van der Waals surface area (Å²) in [4.78, 5) is 12.2. The van der Waals surface area contributed by atoms with Crippen molar-refractivity contribution in [3.05, 3.63) is 63.6 Å². The molecule has 0 aromatic heterocycles. The highest BCUT2D eigenvalue weighted by Gasteiger charge is 2.11. The van der Waals surface area contributed by atoms with E-state index in [1.165, 1.54) is 13.2 Å². The Bertz CT molecular complexity index is 810. The summed E-state index contributed by atoms with van der Waals surface area (Å²) in [5.41, 5.74) is 0.932. The maximum atomic E-state index is 12.2. The van der Waals surface area contributed by atoms with Crippen LogP contribution in [0.4, 0.5) is 5.69 Å². The maximum absolute atomic E-state index is 12.2. The SMILES string of the molecule is COc1cccc(NC(=O)C(C#N)=Cc2cccc(Cl)c2Cl)c1. The van der Waals surface area contributed by atoms with Crippen LogP contribution in [0, 0.1) is 11.3 Å². The number of amides is 1. The van der Waals surface area contributed by atoms with Crippen LogP contribution in [0.25, 0.3) is 6.08 Å². The summed E-state index contributed by atoms with van der Waals surface area (Å²) in [6.45, 7) is 0. The molecule has 2 rings (SSSR count). The molecule has 1 amide bonds. The van der Waals surface area contributed by atoms with Gasteiger partial charge >= 0.3 is 0 Å². The quantitative estimate of drug-likeness (QED) is 0.652. The lowest BCUT2D eigenvalue weighted by atomic mass is 10.1. The van der Waals surface area contributed by atoms with Crippen LogP contribution in [0.1, 0.15) is 5.56 Å². The van der Waals surface area contributed by atoms with Crippen LogP contribution in [0.3, 0.4) is 0 Å². The molecule has 23 heavy (non-hydrogen) atoms. The molecule has 0 spiro atoms. The zero-order chi connectivity index (χ0) is 16.8. The molecule has 0 saturated carbocycles. The molecule has 116 valence electrons. The summed E-state index contributed by atoms with van der Waals surface area (Å²) in [7, 11) is 1.53. The first-order chi connectivity index (χ1) is 11.0. The van der Waals surface area contributed by atoms with Crippen molar-refractivity contribution < 1.29 is 9.53 Å². The van der Waals surface area contributed by atoms with Gasteiger partial charge in [-0.2, -0.15) is 5.26 Å². The fourth-order valence-electron chi connectivity index (χ4n) is 1.84. The molecule has 0 saturated heterocycles. The van der Waals surface area contributed by atoms with Gasteiger partial charge in [0.1, 0.15) is 17.4 Å². The summed E-state index contributed by atoms with van der Waals surface area (Å²) in [5.74, 6) is 0.0555. The molecule has 0 atom stereocenters. The highest BCUT2D eigenvalue weighted by atomic mass is 35.5. The number of rotatable bonds is 4. The average molecular weight is 347 g/mol. The van der Waals surface area contributed by atoms with Crippen molar-refractivity contribution in [3.63, 3.8) is 0 Å². The number of hydrogen-bond donors (Lipinski definition) is 1. The number of carbonyl (C=O) groups excluding carboxylic acids is 1. The number of anilines is 1. The molecule has 0 bridgehead atoms. The van der Waals surface area contributed by atoms with Crippen LogP contribution < -0.4 is 10.1 Å². The lowest BCUT2D eigenvalue weighted by Crippen LogP contribution is -2.13. The number of nitriles is 1. The lowest BCUT2D eigenvalue weighted by molar-refractivity contribution is -0.112. The zero-order valence-corrected chi connectivity index (χ0v) is 13.7. The van der Waals surface area contributed by atoms with Crippen molar-refractivity contribution in [1.82, 2.24) is 0 Å². The smallest absolute Gasteiger partial charge is 0.266 e. The van der Waals surface area contributed by atoms with Crippen molar-refractivity contribution in [2.24, 2.45) is 0 Å². The minimum absolute atomic E-state index is 0.0861. The molecule has 0 aliphatic rings. The number of nitrogens with zero attached hydrogens (tertiary/aromatic N) is 1. The van der Waals surface area contributed by atoms with Gasteiger partial charge in [0.05, 0.1) is 17.2 Å². The molecular weight excluding hydrogens is 335 g/mol. The predicted molar refractivity (Wildman–Crippen MR) is 91.7 cm³/mol. The molecule has 2 aromatic carbocycles. The summed E-state index contributed by atoms with van der Waals surface area (Å²) in [6.07, 6.45) is 1.39. The van der Waals surface area contributed by atoms with E-state index < -0.39 is 5.91 Å². The molecule has 6 heteroatoms. The van der Waals surface area contributed by atoms with E-state index in [0.717, 1.165) is 0 Å². The number of halogens is 2. The lowest BCUT2D eigenvalue weighted by Gasteiger charge is -2.07. The summed E-state index contributed by atoms with van der Waals surface area (Å²) < 4.78 is 5.08. The second kappa shape index (κ2) is 7.68. The van der Waals surface area contributed by atoms with Gasteiger partial charge in [0.15, 0.2) is 0 Å². The van der Waals surface area contributed by atoms with Gasteiger partial charge in [-0.1, -0.05) is 41.4 Å². The molecule has 0 aliphatic heterocycles. The molecule has 0 fully saturated rings. The van der Waals surface area contributed by atoms with Crippen LogP contribution in [0.15, 0.2) is 48.0 Å². The Morgan fingerprint density at radius 2 is 2.00 bits per heavy atom. The van der Waals surface area contributed by atoms with E-state index >= 15 is 0 Å². The predicted octanol–water partition coefficient (Wildman–Crippen LogP) is 4.55. The van der Waals surface area contributed by atoms with Crippen molar-refractivity contribution in [3.8, 4) is 11.8 Å². The van der Waals surface area contributed by atoms with Crippen molar-refractivity contribution >= 4 is 40.9 Å². The zero-order valence-electron chi connectivity index (χ0n) is 12.1. The number of ether oxygens (including phenoxy) is 1. The Morgan fingerprint density at radius 3 is 2.70 bits per heavy atom. The first-order valence-corrected chi connectivity index (χ1v) is 7.32. The third kappa shape index (κ3) is 4.26. The van der Waals surface area contributed by atoms with E-state index in [1.54, 1.807) is 42.5 Å². The van der Waals surface area contributed by atoms with Crippen LogP contribution in [-0.4, -0.2) is 13.0 Å². The Balaban J connectivity index is 2.26. The van der Waals surface area contributed by atoms with Gasteiger partial charge in [-0.25, -0.2) is 0 Å². The summed E-state index contributed by atoms with van der Waals surface area (Å²) in [6, 6.07) is 13.7. The van der Waals surface area contributed by atoms with Crippen LogP contribution >= 0.6 is 23.2 Å². The van der Waals surface area contributed by atoms with Gasteiger partial charge < -0.3 is 10.1 Å². The first kappa shape index (κ1) is 16.9. The van der Waals surface area contributed by atoms with Crippen molar-refractivity contribution in [1.29, 1.82) is 5.26 Å². The summed E-state index contributed by atoms with van der Waals surface area (Å²) in [5, 5.41) is 12.5. The van der Waals surface area contributed by atoms with Crippen LogP contribution in [-0.2, 0) is 4.79 Å². The van der Waals surface area contributed by atoms with E-state index in [1.807, 2.05) is 6.07 Å². The Kier molecular flexibility index (Phi) is 5.64. The van der Waals surface area contributed by atoms with Gasteiger partial charge in [0.25, 0.3) is 5.91 Å². The first-order valence-electron chi connectivity index (χ1n) is 6.56. The van der Waals surface area contributed by atoms with Crippen molar-refractivity contribution in [2.45, 2.75) is 0 Å². The average Bonchev–Trinajstić information content (AvgIpc) is 2.56. The van der Waals surface area contributed by atoms with Gasteiger partial charge in [0.2, 0.25) is 0 Å². The van der Waals surface area contributed by atoms with Crippen LogP contribution in [0.5, 0.6) is 5.75 Å². The molecule has 1 N–H and O–H groups in total. The monoisotopic (exact) mass is 346 g/mol. The molecule has 0 heterocycles.